The highest BCUT2D eigenvalue weighted by Crippen LogP contribution is 2.28. The molecule has 23 heavy (non-hydrogen) atoms. The maximum absolute atomic E-state index is 12.3. The lowest BCUT2D eigenvalue weighted by atomic mass is 9.94. The van der Waals surface area contributed by atoms with E-state index < -0.39 is 11.7 Å². The monoisotopic (exact) mass is 316 g/mol. The lowest BCUT2D eigenvalue weighted by Gasteiger charge is -2.36. The zero-order valence-corrected chi connectivity index (χ0v) is 13.3. The van der Waals surface area contributed by atoms with Crippen LogP contribution in [0.2, 0.25) is 0 Å². The molecule has 0 saturated carbocycles. The fourth-order valence-corrected chi connectivity index (χ4v) is 3.18. The zero-order valence-electron chi connectivity index (χ0n) is 13.3. The fourth-order valence-electron chi connectivity index (χ4n) is 3.18. The molecule has 6 nitrogen and oxygen atoms in total. The van der Waals surface area contributed by atoms with Crippen molar-refractivity contribution in [3.8, 4) is 0 Å². The van der Waals surface area contributed by atoms with Gasteiger partial charge in [-0.05, 0) is 38.8 Å². The summed E-state index contributed by atoms with van der Waals surface area (Å²) >= 11 is 0. The summed E-state index contributed by atoms with van der Waals surface area (Å²) in [6, 6.07) is 6.76. The molecule has 2 heterocycles. The van der Waals surface area contributed by atoms with Gasteiger partial charge in [0, 0.05) is 12.6 Å². The molecule has 1 atom stereocenters. The number of benzene rings is 1. The van der Waals surface area contributed by atoms with Crippen molar-refractivity contribution in [2.75, 3.05) is 18.1 Å². The Hall–Kier alpha value is -2.21. The van der Waals surface area contributed by atoms with Crippen LogP contribution in [0.3, 0.4) is 0 Å². The molecule has 1 unspecified atom stereocenters. The number of rotatable bonds is 3. The number of anilines is 1. The molecule has 2 aliphatic rings. The van der Waals surface area contributed by atoms with Gasteiger partial charge in [-0.1, -0.05) is 12.1 Å². The molecular weight excluding hydrogens is 296 g/mol. The Morgan fingerprint density at radius 1 is 1.35 bits per heavy atom. The highest BCUT2D eigenvalue weighted by Gasteiger charge is 2.37. The number of carbonyl (C=O) groups is 3. The van der Waals surface area contributed by atoms with Gasteiger partial charge in [0.05, 0.1) is 16.9 Å². The van der Waals surface area contributed by atoms with Crippen molar-refractivity contribution in [2.24, 2.45) is 0 Å². The number of para-hydroxylation sites is 1. The molecule has 1 fully saturated rings. The standard InChI is InChI=1S/C17H20N2O4/c1-17(2)9-11(7-8-23-17)18-14(20)10-19-13-6-4-3-5-12(13)15(21)16(19)22/h3-6,11H,7-10H2,1-2H3,(H,18,20). The van der Waals surface area contributed by atoms with Crippen LogP contribution >= 0.6 is 0 Å². The SMILES string of the molecule is CC1(C)CC(NC(=O)CN2C(=O)C(=O)c3ccccc32)CCO1. The number of amides is 2. The fraction of sp³-hybridized carbons (Fsp3) is 0.471. The van der Waals surface area contributed by atoms with Gasteiger partial charge in [0.15, 0.2) is 0 Å². The molecule has 0 aromatic heterocycles. The molecule has 122 valence electrons. The topological polar surface area (TPSA) is 75.7 Å². The third-order valence-electron chi connectivity index (χ3n) is 4.24. The Balaban J connectivity index is 1.67. The first-order valence-electron chi connectivity index (χ1n) is 7.76. The van der Waals surface area contributed by atoms with Crippen molar-refractivity contribution in [2.45, 2.75) is 38.3 Å². The Bertz CT molecular complexity index is 668. The van der Waals surface area contributed by atoms with Crippen molar-refractivity contribution in [1.82, 2.24) is 5.32 Å². The first-order valence-corrected chi connectivity index (χ1v) is 7.76. The third-order valence-corrected chi connectivity index (χ3v) is 4.24. The van der Waals surface area contributed by atoms with E-state index >= 15 is 0 Å². The minimum absolute atomic E-state index is 0.0231. The van der Waals surface area contributed by atoms with Crippen molar-refractivity contribution >= 4 is 23.3 Å². The van der Waals surface area contributed by atoms with E-state index in [0.29, 0.717) is 17.9 Å². The quantitative estimate of drug-likeness (QED) is 0.853. The number of ether oxygens (including phenoxy) is 1. The molecule has 1 aromatic carbocycles. The summed E-state index contributed by atoms with van der Waals surface area (Å²) in [5.41, 5.74) is 0.602. The number of carbonyl (C=O) groups excluding carboxylic acids is 3. The number of hydrogen-bond acceptors (Lipinski definition) is 4. The van der Waals surface area contributed by atoms with Crippen LogP contribution < -0.4 is 10.2 Å². The second-order valence-electron chi connectivity index (χ2n) is 6.60. The molecule has 1 saturated heterocycles. The first-order chi connectivity index (χ1) is 10.9. The molecule has 1 aromatic rings. The summed E-state index contributed by atoms with van der Waals surface area (Å²) in [5.74, 6) is -1.46. The van der Waals surface area contributed by atoms with Crippen LogP contribution in [-0.4, -0.2) is 42.4 Å². The largest absolute Gasteiger partial charge is 0.375 e. The lowest BCUT2D eigenvalue weighted by Crippen LogP contribution is -2.49. The maximum Gasteiger partial charge on any atom is 0.299 e. The van der Waals surface area contributed by atoms with Crippen LogP contribution in [0.5, 0.6) is 0 Å². The van der Waals surface area contributed by atoms with Gasteiger partial charge in [-0.15, -0.1) is 0 Å². The molecule has 2 aliphatic heterocycles. The molecular formula is C17H20N2O4. The van der Waals surface area contributed by atoms with Crippen molar-refractivity contribution in [1.29, 1.82) is 0 Å². The second-order valence-corrected chi connectivity index (χ2v) is 6.60. The van der Waals surface area contributed by atoms with Crippen LogP contribution in [0.25, 0.3) is 0 Å². The van der Waals surface area contributed by atoms with Crippen LogP contribution in [0.4, 0.5) is 5.69 Å². The molecule has 1 N–H and O–H groups in total. The minimum atomic E-state index is -0.645. The van der Waals surface area contributed by atoms with Gasteiger partial charge in [0.2, 0.25) is 5.91 Å². The Morgan fingerprint density at radius 2 is 2.09 bits per heavy atom. The Kier molecular flexibility index (Phi) is 3.93. The van der Waals surface area contributed by atoms with Gasteiger partial charge < -0.3 is 10.1 Å². The molecule has 2 amide bonds. The molecule has 0 bridgehead atoms. The van der Waals surface area contributed by atoms with E-state index in [1.54, 1.807) is 24.3 Å². The van der Waals surface area contributed by atoms with Crippen molar-refractivity contribution < 1.29 is 19.1 Å². The molecule has 3 rings (SSSR count). The average molecular weight is 316 g/mol. The van der Waals surface area contributed by atoms with Gasteiger partial charge in [-0.2, -0.15) is 0 Å². The summed E-state index contributed by atoms with van der Waals surface area (Å²) in [6.45, 7) is 4.44. The predicted molar refractivity (Wildman–Crippen MR) is 84.3 cm³/mol. The smallest absolute Gasteiger partial charge is 0.299 e. The molecule has 0 radical (unpaired) electrons. The van der Waals surface area contributed by atoms with Gasteiger partial charge in [-0.3, -0.25) is 19.3 Å². The molecule has 0 aliphatic carbocycles. The van der Waals surface area contributed by atoms with Crippen LogP contribution in [0.1, 0.15) is 37.0 Å². The number of nitrogens with one attached hydrogen (secondary N) is 1. The Morgan fingerprint density at radius 3 is 2.83 bits per heavy atom. The van der Waals surface area contributed by atoms with E-state index in [1.165, 1.54) is 4.90 Å². The summed E-state index contributed by atoms with van der Waals surface area (Å²) in [7, 11) is 0. The van der Waals surface area contributed by atoms with Crippen LogP contribution in [0.15, 0.2) is 24.3 Å². The van der Waals surface area contributed by atoms with Gasteiger partial charge in [-0.25, -0.2) is 0 Å². The summed E-state index contributed by atoms with van der Waals surface area (Å²) in [6.07, 6.45) is 1.47. The molecule has 0 spiro atoms. The average Bonchev–Trinajstić information content (AvgIpc) is 2.72. The van der Waals surface area contributed by atoms with E-state index in [-0.39, 0.29) is 24.1 Å². The maximum atomic E-state index is 12.3. The first kappa shape index (κ1) is 15.7. The third kappa shape index (κ3) is 3.12. The number of ketones is 1. The van der Waals surface area contributed by atoms with E-state index in [1.807, 2.05) is 13.8 Å². The molecule has 6 heteroatoms. The summed E-state index contributed by atoms with van der Waals surface area (Å²) < 4.78 is 5.63. The van der Waals surface area contributed by atoms with E-state index in [9.17, 15) is 14.4 Å². The normalized spacial score (nSPS) is 22.9. The number of nitrogens with zero attached hydrogens (tertiary/aromatic N) is 1. The number of fused-ring (bicyclic) bond motifs is 1. The second kappa shape index (κ2) is 5.77. The van der Waals surface area contributed by atoms with Gasteiger partial charge in [0.25, 0.3) is 11.7 Å². The lowest BCUT2D eigenvalue weighted by molar-refractivity contribution is -0.124. The van der Waals surface area contributed by atoms with Crippen molar-refractivity contribution in [3.05, 3.63) is 29.8 Å². The van der Waals surface area contributed by atoms with Crippen LogP contribution in [-0.2, 0) is 14.3 Å². The number of hydrogen-bond donors (Lipinski definition) is 1. The Labute approximate surface area is 134 Å². The van der Waals surface area contributed by atoms with Crippen LogP contribution in [0, 0.1) is 0 Å². The zero-order chi connectivity index (χ0) is 16.6. The summed E-state index contributed by atoms with van der Waals surface area (Å²) in [4.78, 5) is 37.5. The minimum Gasteiger partial charge on any atom is -0.375 e. The van der Waals surface area contributed by atoms with Crippen molar-refractivity contribution in [3.63, 3.8) is 0 Å². The summed E-state index contributed by atoms with van der Waals surface area (Å²) in [5, 5.41) is 2.94. The van der Waals surface area contributed by atoms with E-state index in [4.69, 9.17) is 4.74 Å². The van der Waals surface area contributed by atoms with Gasteiger partial charge in [0.1, 0.15) is 6.54 Å². The highest BCUT2D eigenvalue weighted by molar-refractivity contribution is 6.52. The van der Waals surface area contributed by atoms with E-state index in [0.717, 1.165) is 12.8 Å². The highest BCUT2D eigenvalue weighted by atomic mass is 16.5. The van der Waals surface area contributed by atoms with Gasteiger partial charge >= 0.3 is 0 Å². The predicted octanol–water partition coefficient (Wildman–Crippen LogP) is 1.29. The number of Topliss-reactive ketones (excluding diaryl/α,β-unsaturated/α-hetero) is 1. The van der Waals surface area contributed by atoms with E-state index in [2.05, 4.69) is 5.32 Å².